The van der Waals surface area contributed by atoms with Crippen LogP contribution in [0.3, 0.4) is 0 Å². The summed E-state index contributed by atoms with van der Waals surface area (Å²) in [6.45, 7) is 0.120. The fourth-order valence-electron chi connectivity index (χ4n) is 1.85. The minimum atomic E-state index is -0.0661. The molecule has 0 radical (unpaired) electrons. The Morgan fingerprint density at radius 2 is 2.47 bits per heavy atom. The Balaban J connectivity index is 1.94. The maximum atomic E-state index is 12.0. The Hall–Kier alpha value is -1.07. The van der Waals surface area contributed by atoms with Crippen molar-refractivity contribution in [2.45, 2.75) is 25.3 Å². The number of carbonyl (C=O) groups excluding carboxylic acids is 1. The monoisotopic (exact) mass is 255 g/mol. The number of hydrogen-bond donors (Lipinski definition) is 2. The van der Waals surface area contributed by atoms with Gasteiger partial charge in [0.2, 0.25) is 0 Å². The van der Waals surface area contributed by atoms with Crippen molar-refractivity contribution in [3.63, 3.8) is 0 Å². The molecule has 5 heteroatoms. The van der Waals surface area contributed by atoms with Gasteiger partial charge in [0.15, 0.2) is 0 Å². The Kier molecular flexibility index (Phi) is 4.02. The van der Waals surface area contributed by atoms with Crippen molar-refractivity contribution in [3.8, 4) is 5.75 Å². The fraction of sp³-hybridized carbons (Fsp3) is 0.583. The molecule has 17 heavy (non-hydrogen) atoms. The molecule has 1 fully saturated rings. The lowest BCUT2D eigenvalue weighted by molar-refractivity contribution is 0.0928. The summed E-state index contributed by atoms with van der Waals surface area (Å²) in [6.07, 6.45) is 2.94. The zero-order valence-corrected chi connectivity index (χ0v) is 10.6. The molecule has 1 aliphatic carbocycles. The Morgan fingerprint density at radius 3 is 3.00 bits per heavy atom. The van der Waals surface area contributed by atoms with Crippen LogP contribution in [0.2, 0.25) is 0 Å². The fourth-order valence-corrected chi connectivity index (χ4v) is 2.61. The van der Waals surface area contributed by atoms with Crippen LogP contribution >= 0.6 is 11.3 Å². The molecule has 1 aliphatic rings. The van der Waals surface area contributed by atoms with Gasteiger partial charge < -0.3 is 15.2 Å². The van der Waals surface area contributed by atoms with Crippen molar-refractivity contribution in [1.29, 1.82) is 0 Å². The van der Waals surface area contributed by atoms with Gasteiger partial charge in [-0.1, -0.05) is 0 Å². The molecule has 0 bridgehead atoms. The largest absolute Gasteiger partial charge is 0.496 e. The van der Waals surface area contributed by atoms with E-state index in [1.54, 1.807) is 13.2 Å². The second-order valence-electron chi connectivity index (χ2n) is 4.28. The molecule has 0 aliphatic heterocycles. The normalized spacial score (nSPS) is 16.6. The van der Waals surface area contributed by atoms with Gasteiger partial charge in [-0.3, -0.25) is 4.79 Å². The first-order valence-corrected chi connectivity index (χ1v) is 6.66. The molecule has 1 unspecified atom stereocenters. The van der Waals surface area contributed by atoms with Gasteiger partial charge in [-0.2, -0.15) is 0 Å². The highest BCUT2D eigenvalue weighted by atomic mass is 32.1. The predicted octanol–water partition coefficient (Wildman–Crippen LogP) is 1.65. The summed E-state index contributed by atoms with van der Waals surface area (Å²) >= 11 is 1.37. The summed E-state index contributed by atoms with van der Waals surface area (Å²) in [5.41, 5.74) is 0. The van der Waals surface area contributed by atoms with Crippen molar-refractivity contribution in [2.75, 3.05) is 13.7 Å². The van der Waals surface area contributed by atoms with Crippen molar-refractivity contribution in [3.05, 3.63) is 16.3 Å². The number of ether oxygens (including phenoxy) is 1. The number of amides is 1. The second kappa shape index (κ2) is 5.51. The van der Waals surface area contributed by atoms with Gasteiger partial charge in [0, 0.05) is 24.1 Å². The Labute approximate surface area is 105 Å². The summed E-state index contributed by atoms with van der Waals surface area (Å²) in [7, 11) is 1.59. The van der Waals surface area contributed by atoms with Crippen LogP contribution in [-0.2, 0) is 0 Å². The topological polar surface area (TPSA) is 58.6 Å². The lowest BCUT2D eigenvalue weighted by Crippen LogP contribution is -2.36. The van der Waals surface area contributed by atoms with E-state index in [2.05, 4.69) is 5.32 Å². The van der Waals surface area contributed by atoms with Gasteiger partial charge in [-0.15, -0.1) is 11.3 Å². The first kappa shape index (κ1) is 12.4. The average molecular weight is 255 g/mol. The zero-order chi connectivity index (χ0) is 12.3. The third-order valence-corrected chi connectivity index (χ3v) is 3.89. The predicted molar refractivity (Wildman–Crippen MR) is 66.6 cm³/mol. The zero-order valence-electron chi connectivity index (χ0n) is 9.81. The number of rotatable bonds is 6. The van der Waals surface area contributed by atoms with Crippen LogP contribution in [0.5, 0.6) is 5.75 Å². The van der Waals surface area contributed by atoms with Gasteiger partial charge >= 0.3 is 0 Å². The van der Waals surface area contributed by atoms with E-state index in [4.69, 9.17) is 9.84 Å². The van der Waals surface area contributed by atoms with Gasteiger partial charge in [0.25, 0.3) is 5.91 Å². The molecule has 1 atom stereocenters. The summed E-state index contributed by atoms with van der Waals surface area (Å²) < 4.78 is 5.05. The molecule has 1 saturated carbocycles. The number of hydrogen-bond acceptors (Lipinski definition) is 4. The van der Waals surface area contributed by atoms with E-state index >= 15 is 0 Å². The molecule has 4 nitrogen and oxygen atoms in total. The molecule has 2 rings (SSSR count). The van der Waals surface area contributed by atoms with E-state index in [9.17, 15) is 4.79 Å². The number of aliphatic hydroxyl groups excluding tert-OH is 1. The first-order valence-electron chi connectivity index (χ1n) is 5.79. The summed E-state index contributed by atoms with van der Waals surface area (Å²) in [5.74, 6) is 1.20. The molecule has 0 aromatic carbocycles. The van der Waals surface area contributed by atoms with Crippen LogP contribution in [0, 0.1) is 5.92 Å². The molecule has 0 saturated heterocycles. The third kappa shape index (κ3) is 3.20. The molecule has 1 amide bonds. The van der Waals surface area contributed by atoms with Crippen LogP contribution in [0.4, 0.5) is 0 Å². The summed E-state index contributed by atoms with van der Waals surface area (Å²) in [6, 6.07) is 1.85. The lowest BCUT2D eigenvalue weighted by Gasteiger charge is -2.16. The quantitative estimate of drug-likeness (QED) is 0.812. The van der Waals surface area contributed by atoms with Crippen molar-refractivity contribution >= 4 is 17.2 Å². The Morgan fingerprint density at radius 1 is 1.71 bits per heavy atom. The summed E-state index contributed by atoms with van der Waals surface area (Å²) in [5, 5.41) is 13.8. The molecule has 1 aromatic rings. The van der Waals surface area contributed by atoms with Gasteiger partial charge in [-0.05, 0) is 25.2 Å². The second-order valence-corrected chi connectivity index (χ2v) is 5.19. The molecule has 94 valence electrons. The molecule has 1 heterocycles. The van der Waals surface area contributed by atoms with E-state index in [-0.39, 0.29) is 18.6 Å². The van der Waals surface area contributed by atoms with Gasteiger partial charge in [0.1, 0.15) is 5.75 Å². The minimum absolute atomic E-state index is 0.0661. The highest BCUT2D eigenvalue weighted by Gasteiger charge is 2.32. The molecular weight excluding hydrogens is 238 g/mol. The molecular formula is C12H17NO3S. The van der Waals surface area contributed by atoms with E-state index in [0.717, 1.165) is 12.8 Å². The standard InChI is InChI=1S/C12H17NO3S/c1-16-9-6-11(17-7-9)12(15)13-10(4-5-14)8-2-3-8/h6-8,10,14H,2-5H2,1H3,(H,13,15). The number of methoxy groups -OCH3 is 1. The third-order valence-electron chi connectivity index (χ3n) is 2.98. The van der Waals surface area contributed by atoms with E-state index < -0.39 is 0 Å². The number of thiophene rings is 1. The van der Waals surface area contributed by atoms with Crippen LogP contribution < -0.4 is 10.1 Å². The van der Waals surface area contributed by atoms with E-state index in [1.165, 1.54) is 11.3 Å². The molecule has 1 aromatic heterocycles. The van der Waals surface area contributed by atoms with E-state index in [0.29, 0.717) is 23.0 Å². The lowest BCUT2D eigenvalue weighted by atomic mass is 10.1. The van der Waals surface area contributed by atoms with Crippen LogP contribution in [0.1, 0.15) is 28.9 Å². The number of aliphatic hydroxyl groups is 1. The smallest absolute Gasteiger partial charge is 0.261 e. The van der Waals surface area contributed by atoms with Gasteiger partial charge in [-0.25, -0.2) is 0 Å². The van der Waals surface area contributed by atoms with Crippen molar-refractivity contribution < 1.29 is 14.6 Å². The van der Waals surface area contributed by atoms with E-state index in [1.807, 2.05) is 5.38 Å². The minimum Gasteiger partial charge on any atom is -0.496 e. The van der Waals surface area contributed by atoms with Crippen LogP contribution in [0.15, 0.2) is 11.4 Å². The maximum absolute atomic E-state index is 12.0. The Bertz CT molecular complexity index is 387. The van der Waals surface area contributed by atoms with Crippen molar-refractivity contribution in [2.24, 2.45) is 5.92 Å². The van der Waals surface area contributed by atoms with Crippen LogP contribution in [-0.4, -0.2) is 30.8 Å². The molecule has 0 spiro atoms. The SMILES string of the molecule is COc1csc(C(=O)NC(CCO)C2CC2)c1. The first-order chi connectivity index (χ1) is 8.24. The van der Waals surface area contributed by atoms with Crippen LogP contribution in [0.25, 0.3) is 0 Å². The maximum Gasteiger partial charge on any atom is 0.261 e. The number of nitrogens with one attached hydrogen (secondary N) is 1. The van der Waals surface area contributed by atoms with Crippen molar-refractivity contribution in [1.82, 2.24) is 5.32 Å². The average Bonchev–Trinajstić information content (AvgIpc) is 3.06. The number of carbonyl (C=O) groups is 1. The molecule has 2 N–H and O–H groups in total. The highest BCUT2D eigenvalue weighted by Crippen LogP contribution is 2.34. The summed E-state index contributed by atoms with van der Waals surface area (Å²) in [4.78, 5) is 12.6. The highest BCUT2D eigenvalue weighted by molar-refractivity contribution is 7.12. The van der Waals surface area contributed by atoms with Gasteiger partial charge in [0.05, 0.1) is 12.0 Å².